The van der Waals surface area contributed by atoms with Gasteiger partial charge in [0.25, 0.3) is 0 Å². The van der Waals surface area contributed by atoms with Gasteiger partial charge in [0.2, 0.25) is 0 Å². The molecule has 1 heterocycles. The third-order valence-corrected chi connectivity index (χ3v) is 4.15. The standard InChI is InChI=1S/C15H20N4/c16-10-12-6-4-5-9-14(12)15-18-17-11-19(15)13-7-2-1-3-8-13/h1-3,7-8,11-12,14H,4-6,9-10,16H2. The topological polar surface area (TPSA) is 56.7 Å². The lowest BCUT2D eigenvalue weighted by Gasteiger charge is -2.30. The first-order valence-corrected chi connectivity index (χ1v) is 7.05. The van der Waals surface area contributed by atoms with Gasteiger partial charge in [-0.05, 0) is 37.4 Å². The van der Waals surface area contributed by atoms with E-state index in [2.05, 4.69) is 26.9 Å². The van der Waals surface area contributed by atoms with Gasteiger partial charge in [0.15, 0.2) is 0 Å². The van der Waals surface area contributed by atoms with E-state index in [9.17, 15) is 0 Å². The van der Waals surface area contributed by atoms with Crippen LogP contribution < -0.4 is 5.73 Å². The Hall–Kier alpha value is -1.68. The number of benzene rings is 1. The molecule has 0 saturated heterocycles. The predicted molar refractivity (Wildman–Crippen MR) is 75.1 cm³/mol. The molecule has 0 aliphatic heterocycles. The molecule has 100 valence electrons. The second-order valence-electron chi connectivity index (χ2n) is 5.28. The van der Waals surface area contributed by atoms with Gasteiger partial charge >= 0.3 is 0 Å². The lowest BCUT2D eigenvalue weighted by Crippen LogP contribution is -2.27. The number of hydrogen-bond acceptors (Lipinski definition) is 3. The van der Waals surface area contributed by atoms with E-state index in [0.717, 1.165) is 18.1 Å². The van der Waals surface area contributed by atoms with E-state index < -0.39 is 0 Å². The Morgan fingerprint density at radius 2 is 1.95 bits per heavy atom. The average Bonchev–Trinajstić information content (AvgIpc) is 2.97. The van der Waals surface area contributed by atoms with Crippen LogP contribution in [0.4, 0.5) is 0 Å². The normalized spacial score (nSPS) is 23.4. The minimum atomic E-state index is 0.446. The van der Waals surface area contributed by atoms with Crippen molar-refractivity contribution in [2.75, 3.05) is 6.54 Å². The molecule has 2 atom stereocenters. The Labute approximate surface area is 113 Å². The van der Waals surface area contributed by atoms with Crippen LogP contribution in [0.5, 0.6) is 0 Å². The molecule has 4 nitrogen and oxygen atoms in total. The quantitative estimate of drug-likeness (QED) is 0.918. The highest BCUT2D eigenvalue weighted by atomic mass is 15.3. The summed E-state index contributed by atoms with van der Waals surface area (Å²) in [5.74, 6) is 2.06. The summed E-state index contributed by atoms with van der Waals surface area (Å²) in [6.07, 6.45) is 6.75. The first kappa shape index (κ1) is 12.4. The molecule has 2 N–H and O–H groups in total. The van der Waals surface area contributed by atoms with Gasteiger partial charge in [0, 0.05) is 11.6 Å². The predicted octanol–water partition coefficient (Wildman–Crippen LogP) is 2.50. The largest absolute Gasteiger partial charge is 0.330 e. The average molecular weight is 256 g/mol. The summed E-state index contributed by atoms with van der Waals surface area (Å²) < 4.78 is 2.11. The summed E-state index contributed by atoms with van der Waals surface area (Å²) in [5, 5.41) is 8.49. The Kier molecular flexibility index (Phi) is 3.60. The zero-order valence-corrected chi connectivity index (χ0v) is 11.1. The Bertz CT molecular complexity index is 520. The molecular weight excluding hydrogens is 236 g/mol. The zero-order valence-electron chi connectivity index (χ0n) is 11.1. The van der Waals surface area contributed by atoms with Crippen LogP contribution in [0.2, 0.25) is 0 Å². The molecule has 1 aliphatic carbocycles. The number of para-hydroxylation sites is 1. The van der Waals surface area contributed by atoms with Crippen LogP contribution in [0.1, 0.15) is 37.4 Å². The van der Waals surface area contributed by atoms with E-state index in [-0.39, 0.29) is 0 Å². The minimum absolute atomic E-state index is 0.446. The van der Waals surface area contributed by atoms with Crippen LogP contribution in [0, 0.1) is 5.92 Å². The molecule has 0 radical (unpaired) electrons. The molecule has 4 heteroatoms. The number of nitrogens with zero attached hydrogens (tertiary/aromatic N) is 3. The maximum absolute atomic E-state index is 5.93. The van der Waals surface area contributed by atoms with Crippen molar-refractivity contribution in [2.45, 2.75) is 31.6 Å². The third kappa shape index (κ3) is 2.40. The van der Waals surface area contributed by atoms with Crippen LogP contribution >= 0.6 is 0 Å². The summed E-state index contributed by atoms with van der Waals surface area (Å²) in [4.78, 5) is 0. The van der Waals surface area contributed by atoms with E-state index in [1.54, 1.807) is 0 Å². The maximum Gasteiger partial charge on any atom is 0.140 e. The molecule has 2 unspecified atom stereocenters. The van der Waals surface area contributed by atoms with Crippen molar-refractivity contribution in [1.29, 1.82) is 0 Å². The Morgan fingerprint density at radius 3 is 2.74 bits per heavy atom. The summed E-state index contributed by atoms with van der Waals surface area (Å²) in [6.45, 7) is 0.742. The monoisotopic (exact) mass is 256 g/mol. The van der Waals surface area contributed by atoms with Crippen molar-refractivity contribution in [1.82, 2.24) is 14.8 Å². The molecule has 1 aliphatic rings. The molecule has 0 amide bonds. The van der Waals surface area contributed by atoms with Gasteiger partial charge in [-0.25, -0.2) is 0 Å². The molecule has 2 aromatic rings. The van der Waals surface area contributed by atoms with E-state index in [1.807, 2.05) is 24.5 Å². The van der Waals surface area contributed by atoms with E-state index in [1.165, 1.54) is 25.7 Å². The fraction of sp³-hybridized carbons (Fsp3) is 0.467. The van der Waals surface area contributed by atoms with Crippen molar-refractivity contribution >= 4 is 0 Å². The molecular formula is C15H20N4. The fourth-order valence-electron chi connectivity index (χ4n) is 3.11. The Morgan fingerprint density at radius 1 is 1.16 bits per heavy atom. The second-order valence-corrected chi connectivity index (χ2v) is 5.28. The molecule has 1 aromatic carbocycles. The molecule has 0 bridgehead atoms. The smallest absolute Gasteiger partial charge is 0.140 e. The molecule has 1 saturated carbocycles. The lowest BCUT2D eigenvalue weighted by molar-refractivity contribution is 0.302. The SMILES string of the molecule is NCC1CCCCC1c1nncn1-c1ccccc1. The van der Waals surface area contributed by atoms with Gasteiger partial charge in [-0.1, -0.05) is 31.0 Å². The van der Waals surface area contributed by atoms with Crippen molar-refractivity contribution < 1.29 is 0 Å². The minimum Gasteiger partial charge on any atom is -0.330 e. The highest BCUT2D eigenvalue weighted by Crippen LogP contribution is 2.36. The number of hydrogen-bond donors (Lipinski definition) is 1. The van der Waals surface area contributed by atoms with Crippen LogP contribution in [0.3, 0.4) is 0 Å². The molecule has 3 rings (SSSR count). The second kappa shape index (κ2) is 5.53. The van der Waals surface area contributed by atoms with Gasteiger partial charge in [-0.3, -0.25) is 4.57 Å². The van der Waals surface area contributed by atoms with Crippen molar-refractivity contribution in [3.8, 4) is 5.69 Å². The van der Waals surface area contributed by atoms with Gasteiger partial charge < -0.3 is 5.73 Å². The fourth-order valence-corrected chi connectivity index (χ4v) is 3.11. The molecule has 1 aromatic heterocycles. The van der Waals surface area contributed by atoms with Crippen LogP contribution in [-0.2, 0) is 0 Å². The van der Waals surface area contributed by atoms with Crippen molar-refractivity contribution in [3.63, 3.8) is 0 Å². The van der Waals surface area contributed by atoms with E-state index in [0.29, 0.717) is 11.8 Å². The first-order chi connectivity index (χ1) is 9.40. The Balaban J connectivity index is 1.95. The summed E-state index contributed by atoms with van der Waals surface area (Å²) in [5.41, 5.74) is 7.06. The van der Waals surface area contributed by atoms with Gasteiger partial charge in [-0.15, -0.1) is 10.2 Å². The van der Waals surface area contributed by atoms with Gasteiger partial charge in [0.1, 0.15) is 12.2 Å². The first-order valence-electron chi connectivity index (χ1n) is 7.05. The summed E-state index contributed by atoms with van der Waals surface area (Å²) in [6, 6.07) is 10.3. The van der Waals surface area contributed by atoms with Crippen LogP contribution in [-0.4, -0.2) is 21.3 Å². The highest BCUT2D eigenvalue weighted by Gasteiger charge is 2.29. The highest BCUT2D eigenvalue weighted by molar-refractivity contribution is 5.32. The van der Waals surface area contributed by atoms with E-state index >= 15 is 0 Å². The third-order valence-electron chi connectivity index (χ3n) is 4.15. The van der Waals surface area contributed by atoms with Gasteiger partial charge in [-0.2, -0.15) is 0 Å². The molecule has 0 spiro atoms. The van der Waals surface area contributed by atoms with Crippen LogP contribution in [0.15, 0.2) is 36.7 Å². The maximum atomic E-state index is 5.93. The number of aromatic nitrogens is 3. The van der Waals surface area contributed by atoms with Gasteiger partial charge in [0.05, 0.1) is 0 Å². The van der Waals surface area contributed by atoms with E-state index in [4.69, 9.17) is 5.73 Å². The van der Waals surface area contributed by atoms with Crippen molar-refractivity contribution in [2.24, 2.45) is 11.7 Å². The number of rotatable bonds is 3. The number of nitrogens with two attached hydrogens (primary N) is 1. The molecule has 19 heavy (non-hydrogen) atoms. The van der Waals surface area contributed by atoms with Crippen molar-refractivity contribution in [3.05, 3.63) is 42.5 Å². The lowest BCUT2D eigenvalue weighted by atomic mass is 9.78. The zero-order chi connectivity index (χ0) is 13.1. The summed E-state index contributed by atoms with van der Waals surface area (Å²) in [7, 11) is 0. The molecule has 1 fully saturated rings. The summed E-state index contributed by atoms with van der Waals surface area (Å²) >= 11 is 0. The van der Waals surface area contributed by atoms with Crippen LogP contribution in [0.25, 0.3) is 5.69 Å².